The van der Waals surface area contributed by atoms with Gasteiger partial charge in [-0.3, -0.25) is 14.0 Å². The SMILES string of the molecule is CCCCCCCCCCCCCCCCN1CCC(OC(=O)OO)CC1.O=S(=O)(O)OOS(=O)(=O)O. The van der Waals surface area contributed by atoms with E-state index in [1.807, 2.05) is 0 Å². The average Bonchev–Trinajstić information content (AvgIpc) is 2.83. The van der Waals surface area contributed by atoms with Crippen LogP contribution in [0.15, 0.2) is 0 Å². The minimum Gasteiger partial charge on any atom is -0.429 e. The highest BCUT2D eigenvalue weighted by molar-refractivity contribution is 7.83. The largest absolute Gasteiger partial charge is 0.540 e. The Morgan fingerprint density at radius 2 is 1.11 bits per heavy atom. The van der Waals surface area contributed by atoms with Crippen LogP contribution in [0, 0.1) is 0 Å². The van der Waals surface area contributed by atoms with E-state index >= 15 is 0 Å². The summed E-state index contributed by atoms with van der Waals surface area (Å²) >= 11 is 0. The summed E-state index contributed by atoms with van der Waals surface area (Å²) in [5, 5.41) is 8.23. The Balaban J connectivity index is 0.00000109. The Kier molecular flexibility index (Phi) is 21.2. The van der Waals surface area contributed by atoms with E-state index in [-0.39, 0.29) is 6.10 Å². The van der Waals surface area contributed by atoms with Crippen LogP contribution in [0.1, 0.15) is 110 Å². The molecule has 1 fully saturated rings. The third-order valence-electron chi connectivity index (χ3n) is 5.90. The summed E-state index contributed by atoms with van der Waals surface area (Å²) in [5.41, 5.74) is 0. The van der Waals surface area contributed by atoms with Crippen LogP contribution >= 0.6 is 0 Å². The normalized spacial score (nSPS) is 15.1. The number of carbonyl (C=O) groups excluding carboxylic acids is 1. The Labute approximate surface area is 221 Å². The highest BCUT2D eigenvalue weighted by Gasteiger charge is 2.22. The van der Waals surface area contributed by atoms with Gasteiger partial charge in [0.2, 0.25) is 0 Å². The van der Waals surface area contributed by atoms with E-state index in [1.54, 1.807) is 0 Å². The molecule has 0 saturated carbocycles. The molecule has 0 aromatic rings. The van der Waals surface area contributed by atoms with Crippen molar-refractivity contribution in [3.8, 4) is 0 Å². The number of piperidine rings is 1. The minimum atomic E-state index is -5.02. The first-order valence-corrected chi connectivity index (χ1v) is 15.8. The second-order valence-electron chi connectivity index (χ2n) is 9.09. The number of unbranched alkanes of at least 4 members (excludes halogenated alkanes) is 13. The van der Waals surface area contributed by atoms with Gasteiger partial charge in [-0.15, -0.1) is 0 Å². The van der Waals surface area contributed by atoms with Crippen molar-refractivity contribution < 1.29 is 54.3 Å². The van der Waals surface area contributed by atoms with E-state index in [0.717, 1.165) is 32.5 Å². The molecule has 3 N–H and O–H groups in total. The molecule has 1 saturated heterocycles. The van der Waals surface area contributed by atoms with Crippen LogP contribution in [0.3, 0.4) is 0 Å². The molecule has 1 aliphatic heterocycles. The number of hydrogen-bond acceptors (Lipinski definition) is 11. The van der Waals surface area contributed by atoms with Crippen LogP contribution in [0.5, 0.6) is 0 Å². The number of nitrogens with zero attached hydrogens (tertiary/aromatic N) is 1. The molecule has 0 radical (unpaired) electrons. The second kappa shape index (κ2) is 21.8. The van der Waals surface area contributed by atoms with Crippen LogP contribution < -0.4 is 0 Å². The summed E-state index contributed by atoms with van der Waals surface area (Å²) in [7, 11) is -10.0. The van der Waals surface area contributed by atoms with Crippen LogP contribution in [-0.2, 0) is 39.1 Å². The highest BCUT2D eigenvalue weighted by Crippen LogP contribution is 2.16. The fourth-order valence-electron chi connectivity index (χ4n) is 4.01. The average molecular weight is 580 g/mol. The van der Waals surface area contributed by atoms with Gasteiger partial charge in [-0.05, 0) is 25.8 Å². The molecule has 1 aliphatic rings. The molecule has 15 heteroatoms. The summed E-state index contributed by atoms with van der Waals surface area (Å²) in [6.07, 6.45) is 20.1. The van der Waals surface area contributed by atoms with Crippen LogP contribution in [0.2, 0.25) is 0 Å². The lowest BCUT2D eigenvalue weighted by Gasteiger charge is -2.31. The van der Waals surface area contributed by atoms with E-state index in [0.29, 0.717) is 0 Å². The maximum atomic E-state index is 10.9. The van der Waals surface area contributed by atoms with Gasteiger partial charge in [-0.2, -0.15) is 22.1 Å². The molecule has 37 heavy (non-hydrogen) atoms. The molecule has 0 aliphatic carbocycles. The van der Waals surface area contributed by atoms with Gasteiger partial charge < -0.3 is 9.64 Å². The zero-order chi connectivity index (χ0) is 28.0. The fourth-order valence-corrected chi connectivity index (χ4v) is 4.57. The van der Waals surface area contributed by atoms with Crippen molar-refractivity contribution in [3.05, 3.63) is 0 Å². The Morgan fingerprint density at radius 3 is 1.46 bits per heavy atom. The third-order valence-corrected chi connectivity index (χ3v) is 6.47. The van der Waals surface area contributed by atoms with Gasteiger partial charge in [0.25, 0.3) is 0 Å². The first kappa shape index (κ1) is 35.9. The third kappa shape index (κ3) is 26.3. The number of rotatable bonds is 19. The van der Waals surface area contributed by atoms with Gasteiger partial charge in [-0.1, -0.05) is 99.1 Å². The van der Waals surface area contributed by atoms with Crippen LogP contribution in [0.4, 0.5) is 4.79 Å². The molecular weight excluding hydrogens is 534 g/mol. The van der Waals surface area contributed by atoms with Gasteiger partial charge in [0.15, 0.2) is 0 Å². The van der Waals surface area contributed by atoms with Gasteiger partial charge in [0, 0.05) is 13.1 Å². The predicted molar refractivity (Wildman–Crippen MR) is 135 cm³/mol. The lowest BCUT2D eigenvalue weighted by Crippen LogP contribution is -2.38. The van der Waals surface area contributed by atoms with Crippen molar-refractivity contribution in [2.45, 2.75) is 116 Å². The molecule has 0 amide bonds. The molecule has 1 rings (SSSR count). The molecule has 13 nitrogen and oxygen atoms in total. The van der Waals surface area contributed by atoms with Crippen LogP contribution in [-0.4, -0.2) is 68.0 Å². The lowest BCUT2D eigenvalue weighted by molar-refractivity contribution is -0.206. The first-order valence-electron chi connectivity index (χ1n) is 13.0. The molecule has 0 spiro atoms. The molecule has 0 aromatic heterocycles. The molecule has 0 bridgehead atoms. The monoisotopic (exact) mass is 579 g/mol. The van der Waals surface area contributed by atoms with Crippen molar-refractivity contribution in [3.63, 3.8) is 0 Å². The summed E-state index contributed by atoms with van der Waals surface area (Å²) < 4.78 is 63.8. The maximum Gasteiger partial charge on any atom is 0.540 e. The molecular formula is C22H45NO12S2. The van der Waals surface area contributed by atoms with Gasteiger partial charge in [0.1, 0.15) is 6.10 Å². The summed E-state index contributed by atoms with van der Waals surface area (Å²) in [4.78, 5) is 16.9. The topological polar surface area (TPSA) is 186 Å². The molecule has 1 heterocycles. The van der Waals surface area contributed by atoms with E-state index < -0.39 is 27.0 Å². The standard InChI is InChI=1S/C22H43NO4.H2O8S2/c1-2-3-4-5-6-7-8-9-10-11-12-13-14-15-18-23-19-16-21(17-20-23)26-22(24)27-25;1-9(2,3)7-8-10(4,5)6/h21,25H,2-20H2,1H3;(H,1,2,3)(H,4,5,6). The smallest absolute Gasteiger partial charge is 0.429 e. The van der Waals surface area contributed by atoms with E-state index in [9.17, 15) is 21.6 Å². The quantitative estimate of drug-likeness (QED) is 0.0603. The van der Waals surface area contributed by atoms with Crippen molar-refractivity contribution in [2.75, 3.05) is 19.6 Å². The van der Waals surface area contributed by atoms with Crippen molar-refractivity contribution in [1.82, 2.24) is 4.90 Å². The zero-order valence-corrected chi connectivity index (χ0v) is 23.4. The summed E-state index contributed by atoms with van der Waals surface area (Å²) in [6, 6.07) is 0. The van der Waals surface area contributed by atoms with Crippen molar-refractivity contribution >= 4 is 27.0 Å². The lowest BCUT2D eigenvalue weighted by atomic mass is 10.0. The van der Waals surface area contributed by atoms with Crippen LogP contribution in [0.25, 0.3) is 0 Å². The fraction of sp³-hybridized carbons (Fsp3) is 0.955. The van der Waals surface area contributed by atoms with Crippen molar-refractivity contribution in [1.29, 1.82) is 0 Å². The van der Waals surface area contributed by atoms with Gasteiger partial charge >= 0.3 is 27.0 Å². The van der Waals surface area contributed by atoms with E-state index in [4.69, 9.17) is 19.1 Å². The summed E-state index contributed by atoms with van der Waals surface area (Å²) in [5.74, 6) is 0. The molecule has 0 unspecified atom stereocenters. The van der Waals surface area contributed by atoms with Crippen molar-refractivity contribution in [2.24, 2.45) is 0 Å². The second-order valence-corrected chi connectivity index (χ2v) is 11.1. The van der Waals surface area contributed by atoms with E-state index in [2.05, 4.69) is 25.4 Å². The number of likely N-dealkylation sites (tertiary alicyclic amines) is 1. The number of ether oxygens (including phenoxy) is 1. The summed E-state index contributed by atoms with van der Waals surface area (Å²) in [6.45, 7) is 5.35. The highest BCUT2D eigenvalue weighted by atomic mass is 32.3. The Morgan fingerprint density at radius 1 is 0.730 bits per heavy atom. The van der Waals surface area contributed by atoms with Gasteiger partial charge in [-0.25, -0.2) is 4.79 Å². The molecule has 0 aromatic carbocycles. The predicted octanol–water partition coefficient (Wildman–Crippen LogP) is 5.10. The zero-order valence-electron chi connectivity index (χ0n) is 21.8. The van der Waals surface area contributed by atoms with E-state index in [1.165, 1.54) is 89.9 Å². The number of carbonyl (C=O) groups is 1. The molecule has 0 atom stereocenters. The van der Waals surface area contributed by atoms with Gasteiger partial charge in [0.05, 0.1) is 0 Å². The first-order chi connectivity index (χ1) is 17.5. The Hall–Kier alpha value is -1.07. The molecule has 222 valence electrons. The number of hydrogen-bond donors (Lipinski definition) is 3. The Bertz CT molecular complexity index is 737. The minimum absolute atomic E-state index is 0.114. The maximum absolute atomic E-state index is 10.9.